The summed E-state index contributed by atoms with van der Waals surface area (Å²) in [6.07, 6.45) is -4.45. The molecule has 1 N–H and O–H groups in total. The largest absolute Gasteiger partial charge is 0.433 e. The van der Waals surface area contributed by atoms with E-state index in [0.717, 1.165) is 17.6 Å². The number of halogens is 3. The van der Waals surface area contributed by atoms with E-state index in [-0.39, 0.29) is 5.95 Å². The molecule has 0 bridgehead atoms. The summed E-state index contributed by atoms with van der Waals surface area (Å²) in [5.41, 5.74) is -0.907. The number of aromatic nitrogens is 2. The number of hydrogen-bond donors (Lipinski definition) is 1. The fourth-order valence-corrected chi connectivity index (χ4v) is 2.55. The molecule has 1 aromatic heterocycles. The van der Waals surface area contributed by atoms with E-state index in [0.29, 0.717) is 18.9 Å². The van der Waals surface area contributed by atoms with Gasteiger partial charge in [0, 0.05) is 37.7 Å². The molecule has 100 valence electrons. The van der Waals surface area contributed by atoms with E-state index in [1.165, 1.54) is 7.05 Å². The van der Waals surface area contributed by atoms with Crippen molar-refractivity contribution in [2.75, 3.05) is 41.9 Å². The molecule has 4 nitrogen and oxygen atoms in total. The van der Waals surface area contributed by atoms with E-state index in [1.807, 2.05) is 4.90 Å². The molecule has 1 aliphatic heterocycles. The molecule has 0 amide bonds. The van der Waals surface area contributed by atoms with Gasteiger partial charge in [-0.25, -0.2) is 4.98 Å². The third-order valence-electron chi connectivity index (χ3n) is 2.56. The Kier molecular flexibility index (Phi) is 3.84. The average molecular weight is 278 g/mol. The van der Waals surface area contributed by atoms with Crippen LogP contribution in [0.2, 0.25) is 0 Å². The average Bonchev–Trinajstić information content (AvgIpc) is 2.38. The Morgan fingerprint density at radius 2 is 1.94 bits per heavy atom. The zero-order valence-corrected chi connectivity index (χ0v) is 10.6. The standard InChI is InChI=1S/C10H13F3N4S/c1-14-9-15-7(10(11,12)13)6-8(16-9)17-2-4-18-5-3-17/h6H,2-5H2,1H3,(H,14,15,16). The monoisotopic (exact) mass is 278 g/mol. The van der Waals surface area contributed by atoms with Gasteiger partial charge in [-0.1, -0.05) is 0 Å². The van der Waals surface area contributed by atoms with E-state index in [2.05, 4.69) is 15.3 Å². The molecule has 0 aliphatic carbocycles. The molecule has 0 saturated carbocycles. The Morgan fingerprint density at radius 1 is 1.28 bits per heavy atom. The minimum atomic E-state index is -4.45. The summed E-state index contributed by atoms with van der Waals surface area (Å²) in [7, 11) is 1.51. The highest BCUT2D eigenvalue weighted by Crippen LogP contribution is 2.31. The Labute approximate surface area is 107 Å². The van der Waals surface area contributed by atoms with Gasteiger partial charge in [0.25, 0.3) is 0 Å². The normalized spacial score (nSPS) is 16.8. The molecule has 0 radical (unpaired) electrons. The van der Waals surface area contributed by atoms with Gasteiger partial charge in [-0.15, -0.1) is 0 Å². The first-order chi connectivity index (χ1) is 8.50. The second-order valence-corrected chi connectivity index (χ2v) is 5.01. The van der Waals surface area contributed by atoms with Gasteiger partial charge in [0.05, 0.1) is 0 Å². The molecule has 0 atom stereocenters. The van der Waals surface area contributed by atoms with Crippen molar-refractivity contribution in [3.05, 3.63) is 11.8 Å². The van der Waals surface area contributed by atoms with Crippen LogP contribution in [0.15, 0.2) is 6.07 Å². The Balaban J connectivity index is 2.34. The molecule has 1 aromatic rings. The number of hydrogen-bond acceptors (Lipinski definition) is 5. The van der Waals surface area contributed by atoms with E-state index in [4.69, 9.17) is 0 Å². The van der Waals surface area contributed by atoms with Crippen LogP contribution < -0.4 is 10.2 Å². The highest BCUT2D eigenvalue weighted by molar-refractivity contribution is 7.99. The summed E-state index contributed by atoms with van der Waals surface area (Å²) in [5, 5.41) is 2.56. The number of anilines is 2. The van der Waals surface area contributed by atoms with Crippen molar-refractivity contribution in [3.63, 3.8) is 0 Å². The summed E-state index contributed by atoms with van der Waals surface area (Å²) in [5.74, 6) is 2.14. The summed E-state index contributed by atoms with van der Waals surface area (Å²) in [4.78, 5) is 9.38. The van der Waals surface area contributed by atoms with Crippen LogP contribution in [0.25, 0.3) is 0 Å². The highest BCUT2D eigenvalue weighted by Gasteiger charge is 2.34. The number of rotatable bonds is 2. The zero-order chi connectivity index (χ0) is 13.2. The number of alkyl halides is 3. The lowest BCUT2D eigenvalue weighted by Gasteiger charge is -2.28. The van der Waals surface area contributed by atoms with Crippen LogP contribution in [0.3, 0.4) is 0 Å². The van der Waals surface area contributed by atoms with Gasteiger partial charge in [0.1, 0.15) is 5.82 Å². The summed E-state index contributed by atoms with van der Waals surface area (Å²) in [6, 6.07) is 1.01. The molecule has 1 saturated heterocycles. The van der Waals surface area contributed by atoms with Gasteiger partial charge in [-0.05, 0) is 0 Å². The lowest BCUT2D eigenvalue weighted by atomic mass is 10.3. The van der Waals surface area contributed by atoms with Gasteiger partial charge in [-0.2, -0.15) is 29.9 Å². The van der Waals surface area contributed by atoms with Crippen molar-refractivity contribution in [1.82, 2.24) is 9.97 Å². The Morgan fingerprint density at radius 3 is 2.50 bits per heavy atom. The van der Waals surface area contributed by atoms with Crippen molar-refractivity contribution in [3.8, 4) is 0 Å². The maximum Gasteiger partial charge on any atom is 0.433 e. The van der Waals surface area contributed by atoms with Crippen molar-refractivity contribution in [2.45, 2.75) is 6.18 Å². The maximum absolute atomic E-state index is 12.7. The molecule has 2 rings (SSSR count). The Bertz CT molecular complexity index is 418. The van der Waals surface area contributed by atoms with Crippen LogP contribution in [0.5, 0.6) is 0 Å². The minimum absolute atomic E-state index is 0.00180. The van der Waals surface area contributed by atoms with Crippen LogP contribution in [0.4, 0.5) is 24.9 Å². The predicted octanol–water partition coefficient (Wildman–Crippen LogP) is 2.09. The second-order valence-electron chi connectivity index (χ2n) is 3.78. The van der Waals surface area contributed by atoms with Gasteiger partial charge in [0.15, 0.2) is 5.69 Å². The van der Waals surface area contributed by atoms with Crippen LogP contribution >= 0.6 is 11.8 Å². The number of thioether (sulfide) groups is 1. The number of nitrogens with one attached hydrogen (secondary N) is 1. The first-order valence-corrected chi connectivity index (χ1v) is 6.63. The second kappa shape index (κ2) is 5.21. The lowest BCUT2D eigenvalue weighted by molar-refractivity contribution is -0.141. The zero-order valence-electron chi connectivity index (χ0n) is 9.79. The molecule has 8 heteroatoms. The predicted molar refractivity (Wildman–Crippen MR) is 66.1 cm³/mol. The summed E-state index contributed by atoms with van der Waals surface area (Å²) < 4.78 is 38.1. The molecular formula is C10H13F3N4S. The fraction of sp³-hybridized carbons (Fsp3) is 0.600. The summed E-state index contributed by atoms with van der Waals surface area (Å²) in [6.45, 7) is 1.42. The highest BCUT2D eigenvalue weighted by atomic mass is 32.2. The maximum atomic E-state index is 12.7. The first kappa shape index (κ1) is 13.3. The topological polar surface area (TPSA) is 41.1 Å². The van der Waals surface area contributed by atoms with E-state index >= 15 is 0 Å². The molecule has 2 heterocycles. The van der Waals surface area contributed by atoms with Crippen molar-refractivity contribution >= 4 is 23.5 Å². The van der Waals surface area contributed by atoms with Gasteiger partial charge in [-0.3, -0.25) is 0 Å². The van der Waals surface area contributed by atoms with Crippen LogP contribution in [0.1, 0.15) is 5.69 Å². The van der Waals surface area contributed by atoms with Crippen LogP contribution in [0, 0.1) is 0 Å². The van der Waals surface area contributed by atoms with Gasteiger partial charge < -0.3 is 10.2 Å². The molecule has 1 fully saturated rings. The smallest absolute Gasteiger partial charge is 0.357 e. The van der Waals surface area contributed by atoms with E-state index in [1.54, 1.807) is 11.8 Å². The minimum Gasteiger partial charge on any atom is -0.357 e. The molecular weight excluding hydrogens is 265 g/mol. The first-order valence-electron chi connectivity index (χ1n) is 5.47. The molecule has 18 heavy (non-hydrogen) atoms. The molecule has 0 unspecified atom stereocenters. The molecule has 1 aliphatic rings. The molecule has 0 spiro atoms. The third kappa shape index (κ3) is 2.98. The molecule has 0 aromatic carbocycles. The van der Waals surface area contributed by atoms with Crippen molar-refractivity contribution in [2.24, 2.45) is 0 Å². The van der Waals surface area contributed by atoms with Crippen LogP contribution in [-0.4, -0.2) is 41.6 Å². The third-order valence-corrected chi connectivity index (χ3v) is 3.50. The number of nitrogens with zero attached hydrogens (tertiary/aromatic N) is 3. The quantitative estimate of drug-likeness (QED) is 0.897. The SMILES string of the molecule is CNc1nc(N2CCSCC2)cc(C(F)(F)F)n1. The Hall–Kier alpha value is -1.18. The lowest BCUT2D eigenvalue weighted by Crippen LogP contribution is -2.33. The van der Waals surface area contributed by atoms with E-state index in [9.17, 15) is 13.2 Å². The fourth-order valence-electron chi connectivity index (χ4n) is 1.65. The van der Waals surface area contributed by atoms with E-state index < -0.39 is 11.9 Å². The van der Waals surface area contributed by atoms with Crippen LogP contribution in [-0.2, 0) is 6.18 Å². The van der Waals surface area contributed by atoms with Gasteiger partial charge in [0.2, 0.25) is 5.95 Å². The van der Waals surface area contributed by atoms with Gasteiger partial charge >= 0.3 is 6.18 Å². The summed E-state index contributed by atoms with van der Waals surface area (Å²) >= 11 is 1.79. The van der Waals surface area contributed by atoms with Crippen molar-refractivity contribution in [1.29, 1.82) is 0 Å². The van der Waals surface area contributed by atoms with Crippen molar-refractivity contribution < 1.29 is 13.2 Å².